The molecule has 8 nitrogen and oxygen atoms in total. The van der Waals surface area contributed by atoms with Crippen LogP contribution in [-0.2, 0) is 6.54 Å². The van der Waals surface area contributed by atoms with E-state index in [1.54, 1.807) is 0 Å². The molecule has 1 aromatic carbocycles. The molecule has 3 rings (SSSR count). The number of carbonyl (C=O) groups excluding carboxylic acids is 1. The lowest BCUT2D eigenvalue weighted by Gasteiger charge is -1.97. The maximum Gasteiger partial charge on any atom is 0.273 e. The molecular weight excluding hydrogens is 260 g/mol. The predicted molar refractivity (Wildman–Crippen MR) is 67.3 cm³/mol. The van der Waals surface area contributed by atoms with Crippen molar-refractivity contribution in [3.8, 4) is 11.5 Å². The van der Waals surface area contributed by atoms with E-state index in [9.17, 15) is 4.79 Å². The van der Waals surface area contributed by atoms with Crippen LogP contribution >= 0.6 is 0 Å². The van der Waals surface area contributed by atoms with Crippen molar-refractivity contribution in [2.75, 3.05) is 0 Å². The van der Waals surface area contributed by atoms with Crippen LogP contribution in [0.15, 0.2) is 41.0 Å². The normalized spacial score (nSPS) is 10.4. The molecule has 0 spiro atoms. The van der Waals surface area contributed by atoms with Crippen molar-refractivity contribution in [2.24, 2.45) is 0 Å². The number of rotatable bonds is 4. The minimum atomic E-state index is -0.360. The highest BCUT2D eigenvalue weighted by atomic mass is 16.3. The Morgan fingerprint density at radius 2 is 2.15 bits per heavy atom. The second kappa shape index (κ2) is 5.31. The lowest BCUT2D eigenvalue weighted by molar-refractivity contribution is 0.0945. The van der Waals surface area contributed by atoms with E-state index in [0.717, 1.165) is 5.56 Å². The number of hydrogen-bond donors (Lipinski definition) is 2. The van der Waals surface area contributed by atoms with Crippen LogP contribution in [-0.4, -0.2) is 31.5 Å². The zero-order chi connectivity index (χ0) is 13.8. The molecule has 0 saturated carbocycles. The molecule has 0 aliphatic carbocycles. The topological polar surface area (TPSA) is 110 Å². The van der Waals surface area contributed by atoms with Gasteiger partial charge in [0.1, 0.15) is 6.26 Å². The fraction of sp³-hybridized carbons (Fsp3) is 0.0833. The molecule has 0 bridgehead atoms. The van der Waals surface area contributed by atoms with E-state index >= 15 is 0 Å². The first-order valence-corrected chi connectivity index (χ1v) is 5.84. The first-order chi connectivity index (χ1) is 9.83. The summed E-state index contributed by atoms with van der Waals surface area (Å²) >= 11 is 0. The summed E-state index contributed by atoms with van der Waals surface area (Å²) in [6.07, 6.45) is 1.31. The summed E-state index contributed by atoms with van der Waals surface area (Å²) in [6.45, 7) is 0.170. The van der Waals surface area contributed by atoms with E-state index in [1.807, 2.05) is 30.3 Å². The van der Waals surface area contributed by atoms with Gasteiger partial charge in [-0.25, -0.2) is 4.98 Å². The van der Waals surface area contributed by atoms with Crippen molar-refractivity contribution in [3.63, 3.8) is 0 Å². The molecule has 2 aromatic heterocycles. The average Bonchev–Trinajstić information content (AvgIpc) is 3.17. The van der Waals surface area contributed by atoms with E-state index in [0.29, 0.717) is 11.7 Å². The zero-order valence-electron chi connectivity index (χ0n) is 10.3. The van der Waals surface area contributed by atoms with Crippen molar-refractivity contribution in [1.29, 1.82) is 0 Å². The molecule has 8 heteroatoms. The highest BCUT2D eigenvalue weighted by Gasteiger charge is 2.13. The molecule has 20 heavy (non-hydrogen) atoms. The number of carbonyl (C=O) groups is 1. The number of H-pyrrole nitrogens is 1. The molecule has 3 aromatic rings. The Kier molecular flexibility index (Phi) is 3.19. The van der Waals surface area contributed by atoms with E-state index in [-0.39, 0.29) is 18.1 Å². The highest BCUT2D eigenvalue weighted by molar-refractivity contribution is 5.92. The van der Waals surface area contributed by atoms with Gasteiger partial charge in [0, 0.05) is 5.56 Å². The van der Waals surface area contributed by atoms with Crippen LogP contribution in [0.5, 0.6) is 0 Å². The number of amides is 1. The van der Waals surface area contributed by atoms with Crippen LogP contribution < -0.4 is 5.32 Å². The van der Waals surface area contributed by atoms with Crippen LogP contribution in [0.4, 0.5) is 0 Å². The molecule has 0 aliphatic rings. The van der Waals surface area contributed by atoms with E-state index in [1.165, 1.54) is 6.26 Å². The van der Waals surface area contributed by atoms with Crippen molar-refractivity contribution in [3.05, 3.63) is 48.1 Å². The molecule has 0 aliphatic heterocycles. The van der Waals surface area contributed by atoms with Gasteiger partial charge >= 0.3 is 0 Å². The molecule has 0 radical (unpaired) electrons. The maximum absolute atomic E-state index is 11.9. The van der Waals surface area contributed by atoms with E-state index in [4.69, 9.17) is 4.42 Å². The van der Waals surface area contributed by atoms with Gasteiger partial charge in [-0.1, -0.05) is 23.4 Å². The summed E-state index contributed by atoms with van der Waals surface area (Å²) in [4.78, 5) is 16.0. The molecule has 0 unspecified atom stereocenters. The third-order valence-corrected chi connectivity index (χ3v) is 2.55. The second-order valence-electron chi connectivity index (χ2n) is 3.91. The number of aromatic amines is 1. The van der Waals surface area contributed by atoms with Gasteiger partial charge in [-0.2, -0.15) is 5.21 Å². The minimum Gasteiger partial charge on any atom is -0.444 e. The monoisotopic (exact) mass is 270 g/mol. The first-order valence-electron chi connectivity index (χ1n) is 5.84. The van der Waals surface area contributed by atoms with Crippen LogP contribution in [0.2, 0.25) is 0 Å². The van der Waals surface area contributed by atoms with E-state index < -0.39 is 0 Å². The van der Waals surface area contributed by atoms with Crippen molar-refractivity contribution < 1.29 is 9.21 Å². The molecule has 0 saturated heterocycles. The number of nitrogens with zero attached hydrogens (tertiary/aromatic N) is 4. The maximum atomic E-state index is 11.9. The summed E-state index contributed by atoms with van der Waals surface area (Å²) in [7, 11) is 0. The molecule has 0 atom stereocenters. The standard InChI is InChI=1S/C12H10N6O2/c19-11(13-6-10-15-17-18-16-10)9-7-20-12(14-9)8-4-2-1-3-5-8/h1-5,7H,6H2,(H,13,19)(H,15,16,17,18). The molecule has 1 amide bonds. The lowest BCUT2D eigenvalue weighted by atomic mass is 10.2. The SMILES string of the molecule is O=C(NCc1nn[nH]n1)c1coc(-c2ccccc2)n1. The second-order valence-corrected chi connectivity index (χ2v) is 3.91. The quantitative estimate of drug-likeness (QED) is 0.725. The third-order valence-electron chi connectivity index (χ3n) is 2.55. The fourth-order valence-corrected chi connectivity index (χ4v) is 1.60. The lowest BCUT2D eigenvalue weighted by Crippen LogP contribution is -2.23. The van der Waals surface area contributed by atoms with Gasteiger partial charge in [0.15, 0.2) is 11.5 Å². The Bertz CT molecular complexity index is 692. The smallest absolute Gasteiger partial charge is 0.273 e. The third kappa shape index (κ3) is 2.53. The molecule has 0 fully saturated rings. The van der Waals surface area contributed by atoms with Crippen molar-refractivity contribution in [2.45, 2.75) is 6.54 Å². The molecule has 100 valence electrons. The minimum absolute atomic E-state index is 0.170. The van der Waals surface area contributed by atoms with E-state index in [2.05, 4.69) is 30.9 Å². The molecule has 2 heterocycles. The summed E-state index contributed by atoms with van der Waals surface area (Å²) in [5.74, 6) is 0.432. The number of hydrogen-bond acceptors (Lipinski definition) is 6. The zero-order valence-corrected chi connectivity index (χ0v) is 10.3. The highest BCUT2D eigenvalue weighted by Crippen LogP contribution is 2.17. The summed E-state index contributed by atoms with van der Waals surface area (Å²) in [5.41, 5.74) is 1.01. The molecular formula is C12H10N6O2. The van der Waals surface area contributed by atoms with Crippen LogP contribution in [0, 0.1) is 0 Å². The Labute approximate surface area is 113 Å². The average molecular weight is 270 g/mol. The van der Waals surface area contributed by atoms with Gasteiger partial charge in [0.25, 0.3) is 5.91 Å². The van der Waals surface area contributed by atoms with Crippen LogP contribution in [0.25, 0.3) is 11.5 Å². The molecule has 2 N–H and O–H groups in total. The van der Waals surface area contributed by atoms with Gasteiger partial charge in [-0.15, -0.1) is 10.2 Å². The van der Waals surface area contributed by atoms with Gasteiger partial charge < -0.3 is 9.73 Å². The largest absolute Gasteiger partial charge is 0.444 e. The Morgan fingerprint density at radius 1 is 1.30 bits per heavy atom. The van der Waals surface area contributed by atoms with Gasteiger partial charge in [-0.05, 0) is 12.1 Å². The fourth-order valence-electron chi connectivity index (χ4n) is 1.60. The number of oxazole rings is 1. The Hall–Kier alpha value is -3.03. The summed E-state index contributed by atoms with van der Waals surface area (Å²) < 4.78 is 5.29. The summed E-state index contributed by atoms with van der Waals surface area (Å²) in [5, 5.41) is 15.8. The van der Waals surface area contributed by atoms with Crippen molar-refractivity contribution in [1.82, 2.24) is 30.9 Å². The van der Waals surface area contributed by atoms with Gasteiger partial charge in [0.2, 0.25) is 5.89 Å². The van der Waals surface area contributed by atoms with Gasteiger partial charge in [0.05, 0.1) is 6.54 Å². The first kappa shape index (κ1) is 12.0. The predicted octanol–water partition coefficient (Wildman–Crippen LogP) is 0.785. The number of tetrazole rings is 1. The Balaban J connectivity index is 1.69. The summed E-state index contributed by atoms with van der Waals surface area (Å²) in [6, 6.07) is 9.34. The van der Waals surface area contributed by atoms with Crippen molar-refractivity contribution >= 4 is 5.91 Å². The van der Waals surface area contributed by atoms with Crippen LogP contribution in [0.1, 0.15) is 16.3 Å². The van der Waals surface area contributed by atoms with Crippen LogP contribution in [0.3, 0.4) is 0 Å². The number of aromatic nitrogens is 5. The van der Waals surface area contributed by atoms with Gasteiger partial charge in [-0.3, -0.25) is 4.79 Å². The number of nitrogens with one attached hydrogen (secondary N) is 2. The Morgan fingerprint density at radius 3 is 2.90 bits per heavy atom. The number of benzene rings is 1.